The second kappa shape index (κ2) is 6.58. The molecule has 0 amide bonds. The molecule has 0 spiro atoms. The molecule has 1 aliphatic rings. The van der Waals surface area contributed by atoms with Gasteiger partial charge in [0.05, 0.1) is 0 Å². The van der Waals surface area contributed by atoms with Crippen LogP contribution >= 0.6 is 11.8 Å². The molecule has 0 aliphatic carbocycles. The maximum absolute atomic E-state index is 5.37. The Morgan fingerprint density at radius 2 is 1.40 bits per heavy atom. The molecule has 0 unspecified atom stereocenters. The summed E-state index contributed by atoms with van der Waals surface area (Å²) in [6.45, 7) is 2.56. The van der Waals surface area contributed by atoms with Gasteiger partial charge in [0, 0.05) is 36.0 Å². The van der Waals surface area contributed by atoms with Gasteiger partial charge in [0.2, 0.25) is 0 Å². The van der Waals surface area contributed by atoms with Gasteiger partial charge in [0.15, 0.2) is 0 Å². The topological polar surface area (TPSA) is 55.3 Å². The molecule has 0 aromatic heterocycles. The average Bonchev–Trinajstić information content (AvgIpc) is 2.25. The molecule has 3 nitrogen and oxygen atoms in total. The van der Waals surface area contributed by atoms with Crippen molar-refractivity contribution in [1.29, 1.82) is 0 Å². The van der Waals surface area contributed by atoms with Gasteiger partial charge in [-0.3, -0.25) is 0 Å². The molecule has 1 heterocycles. The highest BCUT2D eigenvalue weighted by Crippen LogP contribution is 2.06. The second-order valence-electron chi connectivity index (χ2n) is 3.58. The highest BCUT2D eigenvalue weighted by Gasteiger charge is 2.02. The van der Waals surface area contributed by atoms with Crippen LogP contribution in [0.15, 0.2) is 24.3 Å². The van der Waals surface area contributed by atoms with E-state index in [1.807, 2.05) is 0 Å². The van der Waals surface area contributed by atoms with E-state index in [-0.39, 0.29) is 0 Å². The molecule has 1 fully saturated rings. The number of anilines is 2. The summed E-state index contributed by atoms with van der Waals surface area (Å²) in [5.74, 6) is 2.66. The maximum Gasteiger partial charge on any atom is 0.0315 e. The molecular weight excluding hydrogens is 206 g/mol. The van der Waals surface area contributed by atoms with Crippen LogP contribution in [-0.2, 0) is 0 Å². The summed E-state index contributed by atoms with van der Waals surface area (Å²) in [5.41, 5.74) is 12.2. The summed E-state index contributed by atoms with van der Waals surface area (Å²) < 4.78 is 0. The smallest absolute Gasteiger partial charge is 0.0315 e. The lowest BCUT2D eigenvalue weighted by molar-refractivity contribution is 0.372. The van der Waals surface area contributed by atoms with Crippen molar-refractivity contribution in [3.8, 4) is 0 Å². The zero-order chi connectivity index (χ0) is 11.1. The molecule has 15 heavy (non-hydrogen) atoms. The van der Waals surface area contributed by atoms with E-state index in [2.05, 4.69) is 23.7 Å². The minimum Gasteiger partial charge on any atom is -0.399 e. The average molecular weight is 225 g/mol. The molecule has 4 N–H and O–H groups in total. The van der Waals surface area contributed by atoms with Crippen LogP contribution in [0.1, 0.15) is 0 Å². The zero-order valence-electron chi connectivity index (χ0n) is 9.15. The first-order valence-electron chi connectivity index (χ1n) is 5.06. The lowest BCUT2D eigenvalue weighted by Crippen LogP contribution is -2.28. The molecule has 0 atom stereocenters. The third-order valence-corrected chi connectivity index (χ3v) is 3.11. The van der Waals surface area contributed by atoms with Crippen molar-refractivity contribution in [3.05, 3.63) is 24.3 Å². The lowest BCUT2D eigenvalue weighted by atomic mass is 10.3. The van der Waals surface area contributed by atoms with E-state index >= 15 is 0 Å². The number of nitrogen functional groups attached to an aromatic ring is 2. The van der Waals surface area contributed by atoms with Crippen molar-refractivity contribution in [2.24, 2.45) is 0 Å². The van der Waals surface area contributed by atoms with Gasteiger partial charge < -0.3 is 16.4 Å². The van der Waals surface area contributed by atoms with E-state index in [0.29, 0.717) is 0 Å². The third kappa shape index (κ3) is 5.54. The molecular formula is C11H19N3S. The van der Waals surface area contributed by atoms with E-state index < -0.39 is 0 Å². The SMILES string of the molecule is CN1CCSCC1.Nc1ccc(N)cc1. The Morgan fingerprint density at radius 1 is 1.00 bits per heavy atom. The van der Waals surface area contributed by atoms with Crippen molar-refractivity contribution in [3.63, 3.8) is 0 Å². The first-order valence-corrected chi connectivity index (χ1v) is 6.21. The summed E-state index contributed by atoms with van der Waals surface area (Å²) in [4.78, 5) is 2.37. The van der Waals surface area contributed by atoms with Crippen LogP contribution in [-0.4, -0.2) is 36.5 Å². The van der Waals surface area contributed by atoms with Gasteiger partial charge in [0.25, 0.3) is 0 Å². The molecule has 1 saturated heterocycles. The van der Waals surface area contributed by atoms with Crippen LogP contribution in [0.5, 0.6) is 0 Å². The number of nitrogens with zero attached hydrogens (tertiary/aromatic N) is 1. The number of hydrogen-bond donors (Lipinski definition) is 2. The van der Waals surface area contributed by atoms with Crippen molar-refractivity contribution in [2.45, 2.75) is 0 Å². The Kier molecular flexibility index (Phi) is 5.36. The van der Waals surface area contributed by atoms with Crippen LogP contribution in [0.3, 0.4) is 0 Å². The Hall–Kier alpha value is -0.870. The molecule has 2 rings (SSSR count). The molecule has 1 aliphatic heterocycles. The van der Waals surface area contributed by atoms with Crippen LogP contribution in [0, 0.1) is 0 Å². The lowest BCUT2D eigenvalue weighted by Gasteiger charge is -2.20. The molecule has 0 saturated carbocycles. The number of nitrogens with two attached hydrogens (primary N) is 2. The number of benzene rings is 1. The molecule has 4 heteroatoms. The van der Waals surface area contributed by atoms with E-state index in [4.69, 9.17) is 11.5 Å². The van der Waals surface area contributed by atoms with Gasteiger partial charge in [-0.2, -0.15) is 11.8 Å². The fourth-order valence-electron chi connectivity index (χ4n) is 1.15. The van der Waals surface area contributed by atoms with Crippen molar-refractivity contribution < 1.29 is 0 Å². The highest BCUT2D eigenvalue weighted by molar-refractivity contribution is 7.99. The highest BCUT2D eigenvalue weighted by atomic mass is 32.2. The van der Waals surface area contributed by atoms with Gasteiger partial charge >= 0.3 is 0 Å². The zero-order valence-corrected chi connectivity index (χ0v) is 9.96. The fraction of sp³-hybridized carbons (Fsp3) is 0.455. The van der Waals surface area contributed by atoms with Gasteiger partial charge in [-0.1, -0.05) is 0 Å². The van der Waals surface area contributed by atoms with Gasteiger partial charge in [-0.15, -0.1) is 0 Å². The Balaban J connectivity index is 0.000000151. The van der Waals surface area contributed by atoms with E-state index in [1.54, 1.807) is 24.3 Å². The number of hydrogen-bond acceptors (Lipinski definition) is 4. The Labute approximate surface area is 95.8 Å². The van der Waals surface area contributed by atoms with Crippen LogP contribution in [0.25, 0.3) is 0 Å². The Morgan fingerprint density at radius 3 is 1.67 bits per heavy atom. The normalized spacial score (nSPS) is 16.6. The van der Waals surface area contributed by atoms with Crippen LogP contribution in [0.2, 0.25) is 0 Å². The van der Waals surface area contributed by atoms with E-state index in [1.165, 1.54) is 24.6 Å². The maximum atomic E-state index is 5.37. The largest absolute Gasteiger partial charge is 0.399 e. The minimum atomic E-state index is 0.749. The fourth-order valence-corrected chi connectivity index (χ4v) is 2.24. The van der Waals surface area contributed by atoms with Crippen molar-refractivity contribution in [2.75, 3.05) is 43.1 Å². The molecule has 0 bridgehead atoms. The monoisotopic (exact) mass is 225 g/mol. The Bertz CT molecular complexity index is 247. The van der Waals surface area contributed by atoms with Gasteiger partial charge in [-0.25, -0.2) is 0 Å². The molecule has 1 aromatic rings. The van der Waals surface area contributed by atoms with E-state index in [9.17, 15) is 0 Å². The van der Waals surface area contributed by atoms with Gasteiger partial charge in [-0.05, 0) is 31.3 Å². The summed E-state index contributed by atoms with van der Waals surface area (Å²) in [7, 11) is 2.18. The summed E-state index contributed by atoms with van der Waals surface area (Å²) in [6, 6.07) is 7.09. The summed E-state index contributed by atoms with van der Waals surface area (Å²) in [5, 5.41) is 0. The van der Waals surface area contributed by atoms with E-state index in [0.717, 1.165) is 11.4 Å². The van der Waals surface area contributed by atoms with Crippen LogP contribution in [0.4, 0.5) is 11.4 Å². The minimum absolute atomic E-state index is 0.749. The first-order chi connectivity index (χ1) is 7.18. The molecule has 1 aromatic carbocycles. The van der Waals surface area contributed by atoms with Crippen molar-refractivity contribution in [1.82, 2.24) is 4.90 Å². The van der Waals surface area contributed by atoms with Crippen molar-refractivity contribution >= 4 is 23.1 Å². The third-order valence-electron chi connectivity index (χ3n) is 2.17. The first kappa shape index (κ1) is 12.2. The summed E-state index contributed by atoms with van der Waals surface area (Å²) in [6.07, 6.45) is 0. The number of thioether (sulfide) groups is 1. The summed E-state index contributed by atoms with van der Waals surface area (Å²) >= 11 is 2.06. The quantitative estimate of drug-likeness (QED) is 0.657. The van der Waals surface area contributed by atoms with Gasteiger partial charge in [0.1, 0.15) is 0 Å². The predicted octanol–water partition coefficient (Wildman–Crippen LogP) is 1.52. The standard InChI is InChI=1S/C6H8N2.C5H11NS/c7-5-1-2-6(8)4-3-5;1-6-2-4-7-5-3-6/h1-4H,7-8H2;2-5H2,1H3. The second-order valence-corrected chi connectivity index (χ2v) is 4.81. The molecule has 0 radical (unpaired) electrons. The molecule has 84 valence electrons. The predicted molar refractivity (Wildman–Crippen MR) is 70.1 cm³/mol. The number of rotatable bonds is 0. The van der Waals surface area contributed by atoms with Crippen LogP contribution < -0.4 is 11.5 Å².